The van der Waals surface area contributed by atoms with Gasteiger partial charge in [0.25, 0.3) is 11.1 Å². The number of aromatic nitrogens is 2. The highest BCUT2D eigenvalue weighted by Gasteiger charge is 2.21. The molecule has 3 aromatic rings. The molecular formula is C16H14ClN3O2S2. The maximum atomic E-state index is 12.1. The van der Waals surface area contributed by atoms with Crippen LogP contribution in [0.2, 0.25) is 5.02 Å². The summed E-state index contributed by atoms with van der Waals surface area (Å²) >= 11 is 9.23. The van der Waals surface area contributed by atoms with E-state index in [-0.39, 0.29) is 5.91 Å². The number of amides is 1. The molecule has 0 saturated carbocycles. The molecule has 0 unspecified atom stereocenters. The maximum Gasteiger partial charge on any atom is 0.277 e. The Kier molecular flexibility index (Phi) is 4.47. The second-order valence-electron chi connectivity index (χ2n) is 5.49. The molecule has 1 saturated heterocycles. The summed E-state index contributed by atoms with van der Waals surface area (Å²) < 4.78 is 6.77. The lowest BCUT2D eigenvalue weighted by molar-refractivity contribution is -0.127. The molecule has 1 aromatic carbocycles. The highest BCUT2D eigenvalue weighted by atomic mass is 35.5. The van der Waals surface area contributed by atoms with Gasteiger partial charge in [-0.2, -0.15) is 0 Å². The molecule has 2 aromatic heterocycles. The first-order chi connectivity index (χ1) is 11.7. The van der Waals surface area contributed by atoms with Gasteiger partial charge in [0.2, 0.25) is 5.91 Å². The molecule has 24 heavy (non-hydrogen) atoms. The van der Waals surface area contributed by atoms with Crippen molar-refractivity contribution in [3.05, 3.63) is 29.3 Å². The van der Waals surface area contributed by atoms with Crippen LogP contribution >= 0.6 is 34.7 Å². The molecule has 0 spiro atoms. The van der Waals surface area contributed by atoms with Crippen molar-refractivity contribution in [3.63, 3.8) is 0 Å². The number of halogens is 1. The summed E-state index contributed by atoms with van der Waals surface area (Å²) in [6.07, 6.45) is 2.18. The second-order valence-corrected chi connectivity index (χ2v) is 7.85. The van der Waals surface area contributed by atoms with E-state index in [1.54, 1.807) is 0 Å². The van der Waals surface area contributed by atoms with E-state index in [1.165, 1.54) is 23.1 Å². The number of hydrogen-bond acceptors (Lipinski definition) is 6. The monoisotopic (exact) mass is 379 g/mol. The fourth-order valence-corrected chi connectivity index (χ4v) is 4.79. The summed E-state index contributed by atoms with van der Waals surface area (Å²) in [5.74, 6) is 0.844. The molecule has 1 aliphatic heterocycles. The number of hydrogen-bond donors (Lipinski definition) is 0. The standard InChI is InChI=1S/C16H14ClN3O2S2/c17-13-10-5-1-2-6-11(10)24-14(13)15-18-19-16(22-15)23-9-12(21)20-7-3-4-8-20/h1-2,5-6H,3-4,7-9H2. The Balaban J connectivity index is 1.49. The average molecular weight is 380 g/mol. The maximum absolute atomic E-state index is 12.1. The number of nitrogens with zero attached hydrogens (tertiary/aromatic N) is 3. The number of fused-ring (bicyclic) bond motifs is 1. The van der Waals surface area contributed by atoms with Crippen molar-refractivity contribution in [3.8, 4) is 10.8 Å². The minimum Gasteiger partial charge on any atom is -0.410 e. The predicted molar refractivity (Wildman–Crippen MR) is 96.7 cm³/mol. The second kappa shape index (κ2) is 6.74. The van der Waals surface area contributed by atoms with Crippen LogP contribution < -0.4 is 0 Å². The van der Waals surface area contributed by atoms with E-state index in [1.807, 2.05) is 29.2 Å². The average Bonchev–Trinajstić information content (AvgIpc) is 3.33. The predicted octanol–water partition coefficient (Wildman–Crippen LogP) is 4.32. The molecule has 1 fully saturated rings. The smallest absolute Gasteiger partial charge is 0.277 e. The van der Waals surface area contributed by atoms with E-state index in [0.717, 1.165) is 40.9 Å². The normalized spacial score (nSPS) is 14.6. The molecule has 5 nitrogen and oxygen atoms in total. The van der Waals surface area contributed by atoms with Crippen molar-refractivity contribution in [2.75, 3.05) is 18.8 Å². The molecule has 124 valence electrons. The lowest BCUT2D eigenvalue weighted by Gasteiger charge is -2.13. The summed E-state index contributed by atoms with van der Waals surface area (Å²) in [6.45, 7) is 1.71. The largest absolute Gasteiger partial charge is 0.410 e. The first-order valence-electron chi connectivity index (χ1n) is 7.64. The molecular weight excluding hydrogens is 366 g/mol. The highest BCUT2D eigenvalue weighted by Crippen LogP contribution is 2.41. The number of rotatable bonds is 4. The molecule has 8 heteroatoms. The molecule has 4 rings (SSSR count). The van der Waals surface area contributed by atoms with Gasteiger partial charge in [0, 0.05) is 23.2 Å². The molecule has 0 radical (unpaired) electrons. The Morgan fingerprint density at radius 2 is 2.08 bits per heavy atom. The van der Waals surface area contributed by atoms with Gasteiger partial charge >= 0.3 is 0 Å². The van der Waals surface area contributed by atoms with E-state index in [9.17, 15) is 4.79 Å². The fraction of sp³-hybridized carbons (Fsp3) is 0.312. The Hall–Kier alpha value is -1.57. The van der Waals surface area contributed by atoms with Crippen LogP contribution in [0.15, 0.2) is 33.9 Å². The molecule has 0 N–H and O–H groups in total. The number of likely N-dealkylation sites (tertiary alicyclic amines) is 1. The number of carbonyl (C=O) groups is 1. The summed E-state index contributed by atoms with van der Waals surface area (Å²) in [7, 11) is 0. The highest BCUT2D eigenvalue weighted by molar-refractivity contribution is 7.99. The summed E-state index contributed by atoms with van der Waals surface area (Å²) in [4.78, 5) is 14.7. The van der Waals surface area contributed by atoms with Crippen LogP contribution in [-0.4, -0.2) is 39.8 Å². The molecule has 1 amide bonds. The summed E-state index contributed by atoms with van der Waals surface area (Å²) in [6, 6.07) is 7.90. The molecule has 3 heterocycles. The van der Waals surface area contributed by atoms with Crippen molar-refractivity contribution in [2.24, 2.45) is 0 Å². The van der Waals surface area contributed by atoms with Gasteiger partial charge in [0.15, 0.2) is 0 Å². The van der Waals surface area contributed by atoms with Crippen LogP contribution in [0.3, 0.4) is 0 Å². The van der Waals surface area contributed by atoms with Gasteiger partial charge in [-0.15, -0.1) is 21.5 Å². The van der Waals surface area contributed by atoms with Crippen molar-refractivity contribution in [1.82, 2.24) is 15.1 Å². The van der Waals surface area contributed by atoms with Crippen LogP contribution in [0.4, 0.5) is 0 Å². The Morgan fingerprint density at radius 3 is 2.88 bits per heavy atom. The van der Waals surface area contributed by atoms with Gasteiger partial charge < -0.3 is 9.32 Å². The van der Waals surface area contributed by atoms with Crippen LogP contribution in [0.1, 0.15) is 12.8 Å². The zero-order valence-electron chi connectivity index (χ0n) is 12.7. The van der Waals surface area contributed by atoms with Crippen LogP contribution in [-0.2, 0) is 4.79 Å². The number of carbonyl (C=O) groups excluding carboxylic acids is 1. The van der Waals surface area contributed by atoms with Gasteiger partial charge in [0.05, 0.1) is 10.8 Å². The molecule has 1 aliphatic rings. The van der Waals surface area contributed by atoms with Gasteiger partial charge in [-0.05, 0) is 18.9 Å². The quantitative estimate of drug-likeness (QED) is 0.632. The number of benzene rings is 1. The van der Waals surface area contributed by atoms with Gasteiger partial charge in [-0.1, -0.05) is 41.6 Å². The van der Waals surface area contributed by atoms with Crippen molar-refractivity contribution >= 4 is 50.7 Å². The zero-order valence-corrected chi connectivity index (χ0v) is 15.1. The number of thiophene rings is 1. The minimum atomic E-state index is 0.122. The van der Waals surface area contributed by atoms with E-state index in [2.05, 4.69) is 10.2 Å². The first-order valence-corrected chi connectivity index (χ1v) is 9.82. The fourth-order valence-electron chi connectivity index (χ4n) is 2.69. The SMILES string of the molecule is O=C(CSc1nnc(-c2sc3ccccc3c2Cl)o1)N1CCCC1. The topological polar surface area (TPSA) is 59.2 Å². The molecule has 0 aliphatic carbocycles. The van der Waals surface area contributed by atoms with Gasteiger partial charge in [0.1, 0.15) is 4.88 Å². The first kappa shape index (κ1) is 15.9. The molecule has 0 bridgehead atoms. The van der Waals surface area contributed by atoms with Crippen molar-refractivity contribution in [1.29, 1.82) is 0 Å². The summed E-state index contributed by atoms with van der Waals surface area (Å²) in [5.41, 5.74) is 0. The Bertz CT molecular complexity index is 886. The lowest BCUT2D eigenvalue weighted by Crippen LogP contribution is -2.29. The Labute approximate surface area is 152 Å². The van der Waals surface area contributed by atoms with E-state index in [0.29, 0.717) is 21.9 Å². The van der Waals surface area contributed by atoms with E-state index >= 15 is 0 Å². The third kappa shape index (κ3) is 3.03. The third-order valence-electron chi connectivity index (χ3n) is 3.91. The van der Waals surface area contributed by atoms with Gasteiger partial charge in [-0.3, -0.25) is 4.79 Å². The van der Waals surface area contributed by atoms with E-state index < -0.39 is 0 Å². The van der Waals surface area contributed by atoms with E-state index in [4.69, 9.17) is 16.0 Å². The Morgan fingerprint density at radius 1 is 1.29 bits per heavy atom. The van der Waals surface area contributed by atoms with Crippen LogP contribution in [0.5, 0.6) is 0 Å². The molecule has 0 atom stereocenters. The van der Waals surface area contributed by atoms with Crippen molar-refractivity contribution in [2.45, 2.75) is 18.1 Å². The summed E-state index contributed by atoms with van der Waals surface area (Å²) in [5, 5.41) is 10.1. The number of thioether (sulfide) groups is 1. The third-order valence-corrected chi connectivity index (χ3v) is 6.38. The zero-order chi connectivity index (χ0) is 16.5. The van der Waals surface area contributed by atoms with Crippen LogP contribution in [0, 0.1) is 0 Å². The van der Waals surface area contributed by atoms with Crippen LogP contribution in [0.25, 0.3) is 20.9 Å². The minimum absolute atomic E-state index is 0.122. The van der Waals surface area contributed by atoms with Crippen molar-refractivity contribution < 1.29 is 9.21 Å². The lowest BCUT2D eigenvalue weighted by atomic mass is 10.2. The van der Waals surface area contributed by atoms with Gasteiger partial charge in [-0.25, -0.2) is 0 Å².